The smallest absolute Gasteiger partial charge is 0.144 e. The van der Waals surface area contributed by atoms with Crippen LogP contribution >= 0.6 is 11.6 Å². The molecule has 1 aromatic carbocycles. The van der Waals surface area contributed by atoms with Gasteiger partial charge in [-0.1, -0.05) is 11.6 Å². The molecule has 0 spiro atoms. The number of hydrogen-bond acceptors (Lipinski definition) is 1. The molecule has 0 fully saturated rings. The summed E-state index contributed by atoms with van der Waals surface area (Å²) in [5, 5.41) is 1.39. The second kappa shape index (κ2) is 3.86. The highest BCUT2D eigenvalue weighted by Gasteiger charge is 2.07. The highest BCUT2D eigenvalue weighted by atomic mass is 35.5. The van der Waals surface area contributed by atoms with E-state index in [9.17, 15) is 4.39 Å². The lowest BCUT2D eigenvalue weighted by atomic mass is 10.3. The number of nitrogens with zero attached hydrogens (tertiary/aromatic N) is 2. The Hall–Kier alpha value is -1.87. The fraction of sp³-hybridized carbons (Fsp3) is 0. The van der Waals surface area contributed by atoms with Crippen molar-refractivity contribution in [1.29, 1.82) is 0 Å². The molecule has 0 saturated heterocycles. The number of benzene rings is 1. The summed E-state index contributed by atoms with van der Waals surface area (Å²) in [7, 11) is 0. The van der Waals surface area contributed by atoms with E-state index in [1.165, 1.54) is 12.1 Å². The van der Waals surface area contributed by atoms with Crippen molar-refractivity contribution in [2.45, 2.75) is 0 Å². The first-order valence-electron chi connectivity index (χ1n) is 5.13. The van der Waals surface area contributed by atoms with Gasteiger partial charge in [0.05, 0.1) is 10.7 Å². The molecule has 3 aromatic rings. The normalized spacial score (nSPS) is 10.9. The summed E-state index contributed by atoms with van der Waals surface area (Å²) in [6.45, 7) is 0. The first-order chi connectivity index (χ1) is 8.25. The van der Waals surface area contributed by atoms with Gasteiger partial charge in [0.2, 0.25) is 0 Å². The van der Waals surface area contributed by atoms with Gasteiger partial charge in [-0.05, 0) is 36.4 Å². The lowest BCUT2D eigenvalue weighted by Gasteiger charge is -2.06. The van der Waals surface area contributed by atoms with Gasteiger partial charge in [-0.15, -0.1) is 0 Å². The van der Waals surface area contributed by atoms with Crippen molar-refractivity contribution >= 4 is 22.6 Å². The number of hydrogen-bond donors (Lipinski definition) is 0. The molecule has 0 amide bonds. The third kappa shape index (κ3) is 1.68. The van der Waals surface area contributed by atoms with Crippen molar-refractivity contribution in [2.75, 3.05) is 0 Å². The predicted molar refractivity (Wildman–Crippen MR) is 66.0 cm³/mol. The second-order valence-electron chi connectivity index (χ2n) is 3.70. The summed E-state index contributed by atoms with van der Waals surface area (Å²) in [4.78, 5) is 4.29. The molecule has 2 nitrogen and oxygen atoms in total. The fourth-order valence-corrected chi connectivity index (χ4v) is 2.10. The minimum absolute atomic E-state index is 0.344. The molecule has 0 saturated carbocycles. The zero-order valence-electron chi connectivity index (χ0n) is 8.77. The van der Waals surface area contributed by atoms with Gasteiger partial charge in [-0.3, -0.25) is 4.57 Å². The standard InChI is InChI=1S/C13H8ClFN2/c14-11-8-10(15)3-4-12(11)17-7-5-9-2-1-6-16-13(9)17/h1-8H. The average Bonchev–Trinajstić information content (AvgIpc) is 2.73. The number of halogens is 2. The summed E-state index contributed by atoms with van der Waals surface area (Å²) in [5.74, 6) is -0.344. The predicted octanol–water partition coefficient (Wildman–Crippen LogP) is 3.82. The Kier molecular flexibility index (Phi) is 2.34. The maximum Gasteiger partial charge on any atom is 0.144 e. The van der Waals surface area contributed by atoms with Crippen molar-refractivity contribution < 1.29 is 4.39 Å². The van der Waals surface area contributed by atoms with Crippen LogP contribution in [-0.4, -0.2) is 9.55 Å². The largest absolute Gasteiger partial charge is 0.300 e. The zero-order chi connectivity index (χ0) is 11.8. The summed E-state index contributed by atoms with van der Waals surface area (Å²) >= 11 is 6.03. The average molecular weight is 247 g/mol. The van der Waals surface area contributed by atoms with Gasteiger partial charge in [0.1, 0.15) is 11.5 Å². The van der Waals surface area contributed by atoms with Gasteiger partial charge in [0.25, 0.3) is 0 Å². The Morgan fingerprint density at radius 3 is 2.88 bits per heavy atom. The quantitative estimate of drug-likeness (QED) is 0.638. The Morgan fingerprint density at radius 1 is 1.18 bits per heavy atom. The molecular formula is C13H8ClFN2. The van der Waals surface area contributed by atoms with Crippen molar-refractivity contribution in [3.05, 3.63) is 59.6 Å². The molecule has 17 heavy (non-hydrogen) atoms. The maximum atomic E-state index is 13.0. The summed E-state index contributed by atoms with van der Waals surface area (Å²) < 4.78 is 14.8. The van der Waals surface area contributed by atoms with Gasteiger partial charge in [0, 0.05) is 17.8 Å². The first kappa shape index (κ1) is 10.3. The molecule has 2 aromatic heterocycles. The molecule has 0 N–H and O–H groups in total. The van der Waals surface area contributed by atoms with E-state index in [4.69, 9.17) is 11.6 Å². The maximum absolute atomic E-state index is 13.0. The SMILES string of the molecule is Fc1ccc(-n2ccc3cccnc32)c(Cl)c1. The van der Waals surface area contributed by atoms with Crippen LogP contribution in [0, 0.1) is 5.82 Å². The topological polar surface area (TPSA) is 17.8 Å². The van der Waals surface area contributed by atoms with Crippen LogP contribution in [0.1, 0.15) is 0 Å². The van der Waals surface area contributed by atoms with Crippen LogP contribution in [0.3, 0.4) is 0 Å². The molecule has 0 aliphatic rings. The van der Waals surface area contributed by atoms with Crippen LogP contribution in [0.15, 0.2) is 48.8 Å². The third-order valence-electron chi connectivity index (χ3n) is 2.62. The highest BCUT2D eigenvalue weighted by Crippen LogP contribution is 2.25. The van der Waals surface area contributed by atoms with E-state index >= 15 is 0 Å². The van der Waals surface area contributed by atoms with E-state index in [1.807, 2.05) is 29.0 Å². The van der Waals surface area contributed by atoms with E-state index < -0.39 is 0 Å². The molecule has 2 heterocycles. The molecular weight excluding hydrogens is 239 g/mol. The molecule has 0 aliphatic carbocycles. The van der Waals surface area contributed by atoms with Crippen molar-refractivity contribution in [3.8, 4) is 5.69 Å². The molecule has 0 bridgehead atoms. The molecule has 0 aliphatic heterocycles. The monoisotopic (exact) mass is 246 g/mol. The minimum atomic E-state index is -0.344. The molecule has 0 unspecified atom stereocenters. The number of fused-ring (bicyclic) bond motifs is 1. The Morgan fingerprint density at radius 2 is 2.06 bits per heavy atom. The zero-order valence-corrected chi connectivity index (χ0v) is 9.53. The van der Waals surface area contributed by atoms with Crippen molar-refractivity contribution in [1.82, 2.24) is 9.55 Å². The Labute approximate surface area is 102 Å². The van der Waals surface area contributed by atoms with Crippen LogP contribution in [-0.2, 0) is 0 Å². The lowest BCUT2D eigenvalue weighted by molar-refractivity contribution is 0.627. The molecule has 3 rings (SSSR count). The first-order valence-corrected chi connectivity index (χ1v) is 5.51. The van der Waals surface area contributed by atoms with E-state index in [2.05, 4.69) is 4.98 Å². The molecule has 4 heteroatoms. The molecule has 0 atom stereocenters. The van der Waals surface area contributed by atoms with Gasteiger partial charge < -0.3 is 0 Å². The van der Waals surface area contributed by atoms with Gasteiger partial charge in [-0.2, -0.15) is 0 Å². The molecule has 84 valence electrons. The van der Waals surface area contributed by atoms with E-state index in [0.29, 0.717) is 5.02 Å². The lowest BCUT2D eigenvalue weighted by Crippen LogP contribution is -1.95. The van der Waals surface area contributed by atoms with E-state index in [0.717, 1.165) is 16.7 Å². The Balaban J connectivity index is 2.27. The van der Waals surface area contributed by atoms with E-state index in [-0.39, 0.29) is 5.82 Å². The summed E-state index contributed by atoms with van der Waals surface area (Å²) in [6, 6.07) is 10.1. The second-order valence-corrected chi connectivity index (χ2v) is 4.10. The summed E-state index contributed by atoms with van der Waals surface area (Å²) in [5.41, 5.74) is 1.53. The number of aromatic nitrogens is 2. The van der Waals surface area contributed by atoms with Crippen molar-refractivity contribution in [2.24, 2.45) is 0 Å². The molecule has 0 radical (unpaired) electrons. The van der Waals surface area contributed by atoms with Crippen LogP contribution in [0.25, 0.3) is 16.7 Å². The number of pyridine rings is 1. The van der Waals surface area contributed by atoms with Crippen LogP contribution < -0.4 is 0 Å². The van der Waals surface area contributed by atoms with E-state index in [1.54, 1.807) is 12.3 Å². The van der Waals surface area contributed by atoms with Crippen molar-refractivity contribution in [3.63, 3.8) is 0 Å². The third-order valence-corrected chi connectivity index (χ3v) is 2.92. The minimum Gasteiger partial charge on any atom is -0.300 e. The number of rotatable bonds is 1. The van der Waals surface area contributed by atoms with Crippen LogP contribution in [0.5, 0.6) is 0 Å². The van der Waals surface area contributed by atoms with Crippen LogP contribution in [0.2, 0.25) is 5.02 Å². The summed E-state index contributed by atoms with van der Waals surface area (Å²) in [6.07, 6.45) is 3.59. The Bertz CT molecular complexity index is 691. The fourth-order valence-electron chi connectivity index (χ4n) is 1.84. The van der Waals surface area contributed by atoms with Gasteiger partial charge >= 0.3 is 0 Å². The van der Waals surface area contributed by atoms with Gasteiger partial charge in [0.15, 0.2) is 0 Å². The highest BCUT2D eigenvalue weighted by molar-refractivity contribution is 6.32. The van der Waals surface area contributed by atoms with Gasteiger partial charge in [-0.25, -0.2) is 9.37 Å². The van der Waals surface area contributed by atoms with Crippen LogP contribution in [0.4, 0.5) is 4.39 Å².